The van der Waals surface area contributed by atoms with E-state index in [1.807, 2.05) is 44.2 Å². The molecule has 0 bridgehead atoms. The fourth-order valence-corrected chi connectivity index (χ4v) is 1.79. The van der Waals surface area contributed by atoms with E-state index in [2.05, 4.69) is 5.32 Å². The number of hydrogen-bond acceptors (Lipinski definition) is 3. The lowest BCUT2D eigenvalue weighted by atomic mass is 9.94. The molecule has 4 heteroatoms. The molecule has 0 spiro atoms. The zero-order valence-electron chi connectivity index (χ0n) is 11.7. The largest absolute Gasteiger partial charge is 0.466 e. The SMILES string of the molecule is CCOC(=O)CCC(=O)NC(C)(C)c1ccccc1. The lowest BCUT2D eigenvalue weighted by molar-refractivity contribution is -0.144. The highest BCUT2D eigenvalue weighted by Gasteiger charge is 2.22. The van der Waals surface area contributed by atoms with Gasteiger partial charge in [0.2, 0.25) is 5.91 Å². The lowest BCUT2D eigenvalue weighted by Crippen LogP contribution is -2.41. The number of rotatable bonds is 6. The van der Waals surface area contributed by atoms with Crippen LogP contribution in [-0.4, -0.2) is 18.5 Å². The summed E-state index contributed by atoms with van der Waals surface area (Å²) in [5, 5.41) is 2.92. The van der Waals surface area contributed by atoms with Crippen LogP contribution >= 0.6 is 0 Å². The van der Waals surface area contributed by atoms with Crippen molar-refractivity contribution in [2.45, 2.75) is 39.2 Å². The molecule has 0 aromatic heterocycles. The molecule has 0 fully saturated rings. The number of hydrogen-bond donors (Lipinski definition) is 1. The van der Waals surface area contributed by atoms with E-state index < -0.39 is 5.54 Å². The highest BCUT2D eigenvalue weighted by atomic mass is 16.5. The first-order valence-corrected chi connectivity index (χ1v) is 6.48. The molecule has 0 saturated carbocycles. The fraction of sp³-hybridized carbons (Fsp3) is 0.467. The second-order valence-corrected chi connectivity index (χ2v) is 4.84. The molecule has 0 aliphatic carbocycles. The Morgan fingerprint density at radius 3 is 2.37 bits per heavy atom. The van der Waals surface area contributed by atoms with E-state index in [1.54, 1.807) is 6.92 Å². The van der Waals surface area contributed by atoms with Gasteiger partial charge in [-0.1, -0.05) is 30.3 Å². The predicted molar refractivity (Wildman–Crippen MR) is 73.5 cm³/mol. The minimum atomic E-state index is -0.451. The molecule has 1 amide bonds. The molecular weight excluding hydrogens is 242 g/mol. The van der Waals surface area contributed by atoms with Gasteiger partial charge in [-0.15, -0.1) is 0 Å². The molecule has 0 atom stereocenters. The number of carbonyl (C=O) groups is 2. The number of carbonyl (C=O) groups excluding carboxylic acids is 2. The number of amides is 1. The molecule has 0 radical (unpaired) electrons. The second kappa shape index (κ2) is 6.92. The highest BCUT2D eigenvalue weighted by Crippen LogP contribution is 2.19. The van der Waals surface area contributed by atoms with Gasteiger partial charge in [0.05, 0.1) is 18.6 Å². The summed E-state index contributed by atoms with van der Waals surface area (Å²) >= 11 is 0. The van der Waals surface area contributed by atoms with Crippen molar-refractivity contribution in [3.63, 3.8) is 0 Å². The maximum absolute atomic E-state index is 11.8. The molecule has 1 rings (SSSR count). The summed E-state index contributed by atoms with van der Waals surface area (Å²) in [6.45, 7) is 5.96. The van der Waals surface area contributed by atoms with Crippen LogP contribution in [0, 0.1) is 0 Å². The number of esters is 1. The van der Waals surface area contributed by atoms with Gasteiger partial charge in [0.1, 0.15) is 0 Å². The topological polar surface area (TPSA) is 55.4 Å². The van der Waals surface area contributed by atoms with E-state index in [-0.39, 0.29) is 24.7 Å². The van der Waals surface area contributed by atoms with Crippen molar-refractivity contribution in [2.75, 3.05) is 6.61 Å². The van der Waals surface area contributed by atoms with Crippen LogP contribution in [0.1, 0.15) is 39.2 Å². The molecule has 0 heterocycles. The molecule has 1 aromatic rings. The standard InChI is InChI=1S/C15H21NO3/c1-4-19-14(18)11-10-13(17)16-15(2,3)12-8-6-5-7-9-12/h5-9H,4,10-11H2,1-3H3,(H,16,17). The van der Waals surface area contributed by atoms with Gasteiger partial charge >= 0.3 is 5.97 Å². The summed E-state index contributed by atoms with van der Waals surface area (Å²) in [5.74, 6) is -0.489. The molecule has 0 aliphatic rings. The Morgan fingerprint density at radius 2 is 1.79 bits per heavy atom. The molecule has 0 aliphatic heterocycles. The third-order valence-corrected chi connectivity index (χ3v) is 2.81. The summed E-state index contributed by atoms with van der Waals surface area (Å²) in [7, 11) is 0. The smallest absolute Gasteiger partial charge is 0.306 e. The Bertz CT molecular complexity index is 426. The van der Waals surface area contributed by atoms with Gasteiger partial charge in [0.25, 0.3) is 0 Å². The molecule has 19 heavy (non-hydrogen) atoms. The molecule has 104 valence electrons. The van der Waals surface area contributed by atoms with Crippen LogP contribution in [0.15, 0.2) is 30.3 Å². The molecule has 0 saturated heterocycles. The third kappa shape index (κ3) is 5.12. The first-order chi connectivity index (χ1) is 8.95. The average molecular weight is 263 g/mol. The van der Waals surface area contributed by atoms with E-state index in [0.717, 1.165) is 5.56 Å². The Labute approximate surface area is 114 Å². The van der Waals surface area contributed by atoms with Crippen LogP contribution in [-0.2, 0) is 19.9 Å². The average Bonchev–Trinajstić information content (AvgIpc) is 2.37. The van der Waals surface area contributed by atoms with Gasteiger partial charge in [-0.3, -0.25) is 9.59 Å². The van der Waals surface area contributed by atoms with Crippen molar-refractivity contribution in [1.82, 2.24) is 5.32 Å². The minimum Gasteiger partial charge on any atom is -0.466 e. The van der Waals surface area contributed by atoms with Crippen molar-refractivity contribution in [1.29, 1.82) is 0 Å². The van der Waals surface area contributed by atoms with Crippen molar-refractivity contribution >= 4 is 11.9 Å². The van der Waals surface area contributed by atoms with E-state index in [4.69, 9.17) is 4.74 Å². The molecule has 4 nitrogen and oxygen atoms in total. The van der Waals surface area contributed by atoms with E-state index in [9.17, 15) is 9.59 Å². The van der Waals surface area contributed by atoms with Gasteiger partial charge < -0.3 is 10.1 Å². The predicted octanol–water partition coefficient (Wildman–Crippen LogP) is 2.38. The summed E-state index contributed by atoms with van der Waals surface area (Å²) < 4.78 is 4.79. The summed E-state index contributed by atoms with van der Waals surface area (Å²) in [6, 6.07) is 9.73. The van der Waals surface area contributed by atoms with E-state index in [0.29, 0.717) is 6.61 Å². The maximum atomic E-state index is 11.8. The van der Waals surface area contributed by atoms with Crippen LogP contribution in [0.4, 0.5) is 0 Å². The van der Waals surface area contributed by atoms with Crippen molar-refractivity contribution in [3.8, 4) is 0 Å². The zero-order chi connectivity index (χ0) is 14.3. The Hall–Kier alpha value is -1.84. The summed E-state index contributed by atoms with van der Waals surface area (Å²) in [4.78, 5) is 23.0. The maximum Gasteiger partial charge on any atom is 0.306 e. The van der Waals surface area contributed by atoms with Crippen molar-refractivity contribution in [3.05, 3.63) is 35.9 Å². The fourth-order valence-electron chi connectivity index (χ4n) is 1.79. The summed E-state index contributed by atoms with van der Waals surface area (Å²) in [6.07, 6.45) is 0.264. The van der Waals surface area contributed by atoms with Gasteiger partial charge in [0, 0.05) is 6.42 Å². The number of nitrogens with one attached hydrogen (secondary N) is 1. The van der Waals surface area contributed by atoms with E-state index >= 15 is 0 Å². The van der Waals surface area contributed by atoms with Crippen LogP contribution < -0.4 is 5.32 Å². The molecule has 1 aromatic carbocycles. The lowest BCUT2D eigenvalue weighted by Gasteiger charge is -2.26. The zero-order valence-corrected chi connectivity index (χ0v) is 11.7. The van der Waals surface area contributed by atoms with Gasteiger partial charge in [-0.05, 0) is 26.3 Å². The quantitative estimate of drug-likeness (QED) is 0.802. The van der Waals surface area contributed by atoms with Crippen molar-refractivity contribution in [2.24, 2.45) is 0 Å². The minimum absolute atomic E-state index is 0.116. The van der Waals surface area contributed by atoms with Crippen molar-refractivity contribution < 1.29 is 14.3 Å². The van der Waals surface area contributed by atoms with Gasteiger partial charge in [0.15, 0.2) is 0 Å². The van der Waals surface area contributed by atoms with Crippen LogP contribution in [0.5, 0.6) is 0 Å². The van der Waals surface area contributed by atoms with Crippen LogP contribution in [0.3, 0.4) is 0 Å². The Balaban J connectivity index is 2.50. The van der Waals surface area contributed by atoms with E-state index in [1.165, 1.54) is 0 Å². The normalized spacial score (nSPS) is 10.9. The van der Waals surface area contributed by atoms with Crippen LogP contribution in [0.25, 0.3) is 0 Å². The highest BCUT2D eigenvalue weighted by molar-refractivity contribution is 5.81. The molecule has 0 unspecified atom stereocenters. The third-order valence-electron chi connectivity index (χ3n) is 2.81. The molecular formula is C15H21NO3. The Kier molecular flexibility index (Phi) is 5.55. The van der Waals surface area contributed by atoms with Gasteiger partial charge in [-0.25, -0.2) is 0 Å². The Morgan fingerprint density at radius 1 is 1.16 bits per heavy atom. The first kappa shape index (κ1) is 15.2. The molecule has 1 N–H and O–H groups in total. The summed E-state index contributed by atoms with van der Waals surface area (Å²) in [5.41, 5.74) is 0.576. The second-order valence-electron chi connectivity index (χ2n) is 4.84. The van der Waals surface area contributed by atoms with Crippen LogP contribution in [0.2, 0.25) is 0 Å². The monoisotopic (exact) mass is 263 g/mol. The number of ether oxygens (including phenoxy) is 1. The van der Waals surface area contributed by atoms with Gasteiger partial charge in [-0.2, -0.15) is 0 Å². The number of benzene rings is 1. The first-order valence-electron chi connectivity index (χ1n) is 6.48.